The summed E-state index contributed by atoms with van der Waals surface area (Å²) in [6.07, 6.45) is 4.63. The predicted octanol–water partition coefficient (Wildman–Crippen LogP) is 7.18. The van der Waals surface area contributed by atoms with Crippen LogP contribution in [0.3, 0.4) is 0 Å². The molecule has 2 heteroatoms. The molecule has 0 atom stereocenters. The molecule has 0 aliphatic carbocycles. The highest BCUT2D eigenvalue weighted by Gasteiger charge is 2.16. The molecular formula is C24H18S2. The van der Waals surface area contributed by atoms with Gasteiger partial charge in [0.1, 0.15) is 0 Å². The Morgan fingerprint density at radius 2 is 0.962 bits per heavy atom. The standard InChI is InChI=1S/C24H18S2/c1-3-7-21-19(5-1)15-25-23(21)13-17-9-11-18(12-10-17)14-24-22-8-4-2-6-20(22)16-26-24/h1-14H,15-16H2/b23-13+,24-14+. The molecule has 0 nitrogen and oxygen atoms in total. The quantitative estimate of drug-likeness (QED) is 0.469. The Kier molecular flexibility index (Phi) is 4.24. The summed E-state index contributed by atoms with van der Waals surface area (Å²) in [5.41, 5.74) is 8.21. The van der Waals surface area contributed by atoms with E-state index in [1.165, 1.54) is 43.2 Å². The van der Waals surface area contributed by atoms with Crippen LogP contribution in [0.15, 0.2) is 72.8 Å². The van der Waals surface area contributed by atoms with Crippen LogP contribution in [-0.2, 0) is 11.5 Å². The first kappa shape index (κ1) is 16.0. The van der Waals surface area contributed by atoms with Crippen molar-refractivity contribution in [2.24, 2.45) is 0 Å². The van der Waals surface area contributed by atoms with Crippen molar-refractivity contribution in [1.82, 2.24) is 0 Å². The van der Waals surface area contributed by atoms with E-state index in [0.717, 1.165) is 11.5 Å². The van der Waals surface area contributed by atoms with E-state index in [0.29, 0.717) is 0 Å². The Morgan fingerprint density at radius 3 is 1.42 bits per heavy atom. The van der Waals surface area contributed by atoms with E-state index in [9.17, 15) is 0 Å². The fourth-order valence-electron chi connectivity index (χ4n) is 3.47. The SMILES string of the molecule is C(=C1\SCc2ccccc21)/c1ccc(/C=C2/SCc3ccccc32)cc1. The van der Waals surface area contributed by atoms with E-state index in [1.807, 2.05) is 23.5 Å². The molecule has 0 bridgehead atoms. The number of benzene rings is 3. The van der Waals surface area contributed by atoms with Crippen LogP contribution >= 0.6 is 23.5 Å². The van der Waals surface area contributed by atoms with Gasteiger partial charge in [0.2, 0.25) is 0 Å². The third-order valence-corrected chi connectivity index (χ3v) is 7.07. The second-order valence-electron chi connectivity index (χ2n) is 6.58. The van der Waals surface area contributed by atoms with Crippen LogP contribution in [0.4, 0.5) is 0 Å². The summed E-state index contributed by atoms with van der Waals surface area (Å²) < 4.78 is 0. The number of fused-ring (bicyclic) bond motifs is 2. The van der Waals surface area contributed by atoms with Gasteiger partial charge in [0.05, 0.1) is 0 Å². The van der Waals surface area contributed by atoms with Gasteiger partial charge in [-0.05, 0) is 45.5 Å². The van der Waals surface area contributed by atoms with Crippen molar-refractivity contribution in [2.75, 3.05) is 0 Å². The minimum absolute atomic E-state index is 1.09. The molecule has 0 N–H and O–H groups in total. The molecule has 2 aliphatic rings. The first-order valence-corrected chi connectivity index (χ1v) is 10.8. The van der Waals surface area contributed by atoms with Crippen LogP contribution in [0.2, 0.25) is 0 Å². The topological polar surface area (TPSA) is 0 Å². The van der Waals surface area contributed by atoms with Gasteiger partial charge in [-0.3, -0.25) is 0 Å². The smallest absolute Gasteiger partial charge is 0.0238 e. The van der Waals surface area contributed by atoms with E-state index in [1.54, 1.807) is 0 Å². The molecule has 26 heavy (non-hydrogen) atoms. The lowest BCUT2D eigenvalue weighted by Gasteiger charge is -2.03. The predicted molar refractivity (Wildman–Crippen MR) is 118 cm³/mol. The summed E-state index contributed by atoms with van der Waals surface area (Å²) in [6.45, 7) is 0. The van der Waals surface area contributed by atoms with Gasteiger partial charge in [-0.1, -0.05) is 72.8 Å². The second kappa shape index (κ2) is 6.86. The number of hydrogen-bond donors (Lipinski definition) is 0. The van der Waals surface area contributed by atoms with Crippen molar-refractivity contribution in [3.63, 3.8) is 0 Å². The van der Waals surface area contributed by atoms with Gasteiger partial charge in [0.25, 0.3) is 0 Å². The minimum Gasteiger partial charge on any atom is -0.121 e. The second-order valence-corrected chi connectivity index (χ2v) is 8.61. The zero-order valence-corrected chi connectivity index (χ0v) is 15.9. The Balaban J connectivity index is 1.41. The lowest BCUT2D eigenvalue weighted by Crippen LogP contribution is -1.81. The highest BCUT2D eigenvalue weighted by molar-refractivity contribution is 8.08. The molecule has 0 saturated carbocycles. The van der Waals surface area contributed by atoms with Crippen molar-refractivity contribution < 1.29 is 0 Å². The van der Waals surface area contributed by atoms with Crippen molar-refractivity contribution in [3.8, 4) is 0 Å². The molecule has 2 heterocycles. The molecule has 3 aromatic rings. The van der Waals surface area contributed by atoms with E-state index in [4.69, 9.17) is 0 Å². The maximum atomic E-state index is 2.31. The van der Waals surface area contributed by atoms with Crippen LogP contribution in [0.25, 0.3) is 22.0 Å². The van der Waals surface area contributed by atoms with E-state index in [-0.39, 0.29) is 0 Å². The van der Waals surface area contributed by atoms with Gasteiger partial charge in [0, 0.05) is 21.3 Å². The zero-order chi connectivity index (χ0) is 17.3. The largest absolute Gasteiger partial charge is 0.121 e. The fourth-order valence-corrected chi connectivity index (χ4v) is 5.74. The van der Waals surface area contributed by atoms with Gasteiger partial charge >= 0.3 is 0 Å². The highest BCUT2D eigenvalue weighted by atomic mass is 32.2. The Morgan fingerprint density at radius 1 is 0.538 bits per heavy atom. The maximum Gasteiger partial charge on any atom is 0.0238 e. The lowest BCUT2D eigenvalue weighted by atomic mass is 10.0. The van der Waals surface area contributed by atoms with E-state index < -0.39 is 0 Å². The van der Waals surface area contributed by atoms with Crippen molar-refractivity contribution >= 4 is 45.5 Å². The average Bonchev–Trinajstić information content (AvgIpc) is 3.28. The Hall–Kier alpha value is -2.16. The summed E-state index contributed by atoms with van der Waals surface area (Å²) >= 11 is 3.87. The molecule has 5 rings (SSSR count). The summed E-state index contributed by atoms with van der Waals surface area (Å²) in [5.74, 6) is 2.17. The highest BCUT2D eigenvalue weighted by Crippen LogP contribution is 2.43. The first-order valence-electron chi connectivity index (χ1n) is 8.82. The average molecular weight is 371 g/mol. The third-order valence-electron chi connectivity index (χ3n) is 4.86. The van der Waals surface area contributed by atoms with Crippen LogP contribution in [0.5, 0.6) is 0 Å². The minimum atomic E-state index is 1.09. The van der Waals surface area contributed by atoms with E-state index in [2.05, 4.69) is 84.9 Å². The van der Waals surface area contributed by atoms with Crippen LogP contribution in [0.1, 0.15) is 33.4 Å². The zero-order valence-electron chi connectivity index (χ0n) is 14.3. The summed E-state index contributed by atoms with van der Waals surface area (Å²) in [7, 11) is 0. The molecule has 0 amide bonds. The molecule has 126 valence electrons. The van der Waals surface area contributed by atoms with Gasteiger partial charge in [-0.2, -0.15) is 0 Å². The Bertz CT molecular complexity index is 942. The van der Waals surface area contributed by atoms with E-state index >= 15 is 0 Å². The van der Waals surface area contributed by atoms with Crippen molar-refractivity contribution in [1.29, 1.82) is 0 Å². The normalized spacial score (nSPS) is 18.3. The number of hydrogen-bond acceptors (Lipinski definition) is 2. The monoisotopic (exact) mass is 370 g/mol. The summed E-state index contributed by atoms with van der Waals surface area (Å²) in [5, 5.41) is 0. The molecule has 0 spiro atoms. The molecule has 0 unspecified atom stereocenters. The molecule has 0 fully saturated rings. The van der Waals surface area contributed by atoms with Gasteiger partial charge in [-0.15, -0.1) is 23.5 Å². The molecule has 0 saturated heterocycles. The number of rotatable bonds is 2. The van der Waals surface area contributed by atoms with Crippen molar-refractivity contribution in [2.45, 2.75) is 11.5 Å². The van der Waals surface area contributed by atoms with Gasteiger partial charge in [-0.25, -0.2) is 0 Å². The summed E-state index contributed by atoms with van der Waals surface area (Å²) in [6, 6.07) is 26.4. The van der Waals surface area contributed by atoms with Crippen molar-refractivity contribution in [3.05, 3.63) is 106 Å². The number of thioether (sulfide) groups is 2. The first-order chi connectivity index (χ1) is 12.9. The molecular weight excluding hydrogens is 352 g/mol. The van der Waals surface area contributed by atoms with Crippen LogP contribution in [0, 0.1) is 0 Å². The molecule has 0 radical (unpaired) electrons. The third kappa shape index (κ3) is 3.04. The molecule has 3 aromatic carbocycles. The van der Waals surface area contributed by atoms with Gasteiger partial charge in [0.15, 0.2) is 0 Å². The molecule has 2 aliphatic heterocycles. The van der Waals surface area contributed by atoms with Crippen LogP contribution in [-0.4, -0.2) is 0 Å². The maximum absolute atomic E-state index is 2.31. The lowest BCUT2D eigenvalue weighted by molar-refractivity contribution is 1.42. The molecule has 0 aromatic heterocycles. The summed E-state index contributed by atoms with van der Waals surface area (Å²) in [4.78, 5) is 2.76. The van der Waals surface area contributed by atoms with Crippen LogP contribution < -0.4 is 0 Å². The van der Waals surface area contributed by atoms with Gasteiger partial charge < -0.3 is 0 Å². The Labute approximate surface area is 163 Å². The fraction of sp³-hybridized carbons (Fsp3) is 0.0833.